The zero-order chi connectivity index (χ0) is 16.9. The minimum Gasteiger partial charge on any atom is -0.481 e. The molecule has 1 amide bonds. The zero-order valence-electron chi connectivity index (χ0n) is 12.3. The molecule has 4 nitrogen and oxygen atoms in total. The van der Waals surface area contributed by atoms with Gasteiger partial charge in [0.1, 0.15) is 10.8 Å². The Morgan fingerprint density at radius 1 is 1.17 bits per heavy atom. The first kappa shape index (κ1) is 16.1. The van der Waals surface area contributed by atoms with Crippen molar-refractivity contribution in [2.24, 2.45) is 0 Å². The van der Waals surface area contributed by atoms with Crippen molar-refractivity contribution < 1.29 is 18.3 Å². The third-order valence-corrected chi connectivity index (χ3v) is 3.92. The van der Waals surface area contributed by atoms with E-state index in [-0.39, 0.29) is 12.4 Å². The van der Waals surface area contributed by atoms with Gasteiger partial charge in [-0.1, -0.05) is 0 Å². The number of rotatable bonds is 5. The molecule has 0 aliphatic heterocycles. The molecule has 3 aromatic rings. The Balaban J connectivity index is 1.56. The van der Waals surface area contributed by atoms with Crippen molar-refractivity contribution in [1.29, 1.82) is 0 Å². The minimum atomic E-state index is -0.851. The van der Waals surface area contributed by atoms with E-state index in [1.807, 2.05) is 17.5 Å². The Labute approximate surface area is 140 Å². The molecule has 3 rings (SSSR count). The second-order valence-electron chi connectivity index (χ2n) is 4.83. The van der Waals surface area contributed by atoms with Crippen LogP contribution in [-0.2, 0) is 4.79 Å². The number of nitrogens with one attached hydrogen (secondary N) is 1. The Morgan fingerprint density at radius 3 is 2.62 bits per heavy atom. The molecule has 0 atom stereocenters. The number of nitrogens with zero attached hydrogens (tertiary/aromatic N) is 1. The fraction of sp³-hybridized carbons (Fsp3) is 0.0588. The van der Waals surface area contributed by atoms with Gasteiger partial charge in [-0.05, 0) is 36.4 Å². The molecule has 0 saturated heterocycles. The lowest BCUT2D eigenvalue weighted by molar-refractivity contribution is -0.118. The highest BCUT2D eigenvalue weighted by molar-refractivity contribution is 7.13. The summed E-state index contributed by atoms with van der Waals surface area (Å²) in [7, 11) is 0. The maximum atomic E-state index is 13.4. The fourth-order valence-corrected chi connectivity index (χ4v) is 2.64. The second kappa shape index (κ2) is 7.18. The molecule has 0 spiro atoms. The summed E-state index contributed by atoms with van der Waals surface area (Å²) in [6.45, 7) is -0.378. The average molecular weight is 346 g/mol. The Bertz CT molecular complexity index is 836. The lowest BCUT2D eigenvalue weighted by Gasteiger charge is -2.08. The van der Waals surface area contributed by atoms with Gasteiger partial charge in [0.05, 0.1) is 0 Å². The summed E-state index contributed by atoms with van der Waals surface area (Å²) in [5.41, 5.74) is 1.54. The molecule has 1 N–H and O–H groups in total. The average Bonchev–Trinajstić information content (AvgIpc) is 3.09. The van der Waals surface area contributed by atoms with Gasteiger partial charge in [0.15, 0.2) is 18.2 Å². The summed E-state index contributed by atoms with van der Waals surface area (Å²) in [6.07, 6.45) is 1.72. The third-order valence-electron chi connectivity index (χ3n) is 3.10. The van der Waals surface area contributed by atoms with Gasteiger partial charge in [-0.2, -0.15) is 0 Å². The van der Waals surface area contributed by atoms with E-state index < -0.39 is 17.5 Å². The molecule has 1 heterocycles. The molecular weight excluding hydrogens is 334 g/mol. The third kappa shape index (κ3) is 3.94. The number of amides is 1. The van der Waals surface area contributed by atoms with Crippen molar-refractivity contribution in [3.8, 4) is 16.3 Å². The minimum absolute atomic E-state index is 0.175. The number of aromatic nitrogens is 1. The molecule has 0 fully saturated rings. The van der Waals surface area contributed by atoms with Gasteiger partial charge in [0.25, 0.3) is 5.91 Å². The first-order valence-electron chi connectivity index (χ1n) is 6.99. The number of halogens is 2. The highest BCUT2D eigenvalue weighted by atomic mass is 32.1. The first-order chi connectivity index (χ1) is 11.6. The van der Waals surface area contributed by atoms with E-state index in [1.165, 1.54) is 11.3 Å². The smallest absolute Gasteiger partial charge is 0.262 e. The topological polar surface area (TPSA) is 51.2 Å². The van der Waals surface area contributed by atoms with Crippen LogP contribution in [0.4, 0.5) is 14.5 Å². The Hall–Kier alpha value is -2.80. The van der Waals surface area contributed by atoms with Crippen molar-refractivity contribution in [3.63, 3.8) is 0 Å². The maximum absolute atomic E-state index is 13.4. The summed E-state index contributed by atoms with van der Waals surface area (Å²) in [5.74, 6) is -2.17. The van der Waals surface area contributed by atoms with E-state index in [2.05, 4.69) is 10.3 Å². The number of ether oxygens (including phenoxy) is 1. The molecule has 0 unspecified atom stereocenters. The molecule has 0 aliphatic rings. The van der Waals surface area contributed by atoms with Gasteiger partial charge in [0.2, 0.25) is 0 Å². The largest absolute Gasteiger partial charge is 0.481 e. The van der Waals surface area contributed by atoms with Crippen LogP contribution in [0, 0.1) is 11.6 Å². The number of carbonyl (C=O) groups is 1. The van der Waals surface area contributed by atoms with Gasteiger partial charge in [-0.3, -0.25) is 4.79 Å². The van der Waals surface area contributed by atoms with Crippen LogP contribution >= 0.6 is 11.3 Å². The normalized spacial score (nSPS) is 10.4. The molecular formula is C17H12F2N2O2S. The van der Waals surface area contributed by atoms with Crippen molar-refractivity contribution >= 4 is 22.9 Å². The van der Waals surface area contributed by atoms with Crippen LogP contribution in [0.2, 0.25) is 0 Å². The fourth-order valence-electron chi connectivity index (χ4n) is 1.99. The van der Waals surface area contributed by atoms with Crippen LogP contribution < -0.4 is 10.1 Å². The van der Waals surface area contributed by atoms with Gasteiger partial charge < -0.3 is 10.1 Å². The molecule has 0 saturated carbocycles. The summed E-state index contributed by atoms with van der Waals surface area (Å²) < 4.78 is 31.2. The van der Waals surface area contributed by atoms with E-state index in [0.717, 1.165) is 22.7 Å². The van der Waals surface area contributed by atoms with E-state index in [1.54, 1.807) is 18.3 Å². The van der Waals surface area contributed by atoms with E-state index in [4.69, 9.17) is 4.74 Å². The lowest BCUT2D eigenvalue weighted by Crippen LogP contribution is -2.20. The number of hydrogen-bond donors (Lipinski definition) is 1. The van der Waals surface area contributed by atoms with Crippen LogP contribution in [0.25, 0.3) is 10.6 Å². The predicted octanol–water partition coefficient (Wildman–Crippen LogP) is 4.11. The molecule has 2 aromatic carbocycles. The van der Waals surface area contributed by atoms with Crippen molar-refractivity contribution in [3.05, 3.63) is 65.7 Å². The number of hydrogen-bond acceptors (Lipinski definition) is 4. The molecule has 7 heteroatoms. The van der Waals surface area contributed by atoms with E-state index in [0.29, 0.717) is 11.8 Å². The molecule has 0 radical (unpaired) electrons. The van der Waals surface area contributed by atoms with Gasteiger partial charge in [-0.15, -0.1) is 11.3 Å². The SMILES string of the molecule is O=C(COc1ccc(F)cc1F)Nc1ccc(-c2nccs2)cc1. The summed E-state index contributed by atoms with van der Waals surface area (Å²) >= 11 is 1.52. The lowest BCUT2D eigenvalue weighted by atomic mass is 10.2. The monoisotopic (exact) mass is 346 g/mol. The summed E-state index contributed by atoms with van der Waals surface area (Å²) in [6, 6.07) is 10.1. The van der Waals surface area contributed by atoms with E-state index >= 15 is 0 Å². The number of thiazole rings is 1. The molecule has 122 valence electrons. The molecule has 1 aromatic heterocycles. The number of anilines is 1. The first-order valence-corrected chi connectivity index (χ1v) is 7.87. The second-order valence-corrected chi connectivity index (χ2v) is 5.72. The van der Waals surface area contributed by atoms with Gasteiger partial charge in [0, 0.05) is 28.9 Å². The summed E-state index contributed by atoms with van der Waals surface area (Å²) in [4.78, 5) is 16.0. The molecule has 0 aliphatic carbocycles. The predicted molar refractivity (Wildman–Crippen MR) is 88.0 cm³/mol. The zero-order valence-corrected chi connectivity index (χ0v) is 13.1. The van der Waals surface area contributed by atoms with Crippen LogP contribution in [0.3, 0.4) is 0 Å². The Kier molecular flexibility index (Phi) is 4.81. The van der Waals surface area contributed by atoms with Crippen LogP contribution in [0.15, 0.2) is 54.0 Å². The van der Waals surface area contributed by atoms with Crippen LogP contribution in [-0.4, -0.2) is 17.5 Å². The van der Waals surface area contributed by atoms with Crippen LogP contribution in [0.5, 0.6) is 5.75 Å². The standard InChI is InChI=1S/C17H12F2N2O2S/c18-12-3-6-15(14(19)9-12)23-10-16(22)21-13-4-1-11(2-5-13)17-20-7-8-24-17/h1-9H,10H2,(H,21,22). The van der Waals surface area contributed by atoms with Crippen molar-refractivity contribution in [2.75, 3.05) is 11.9 Å². The number of benzene rings is 2. The van der Waals surface area contributed by atoms with Gasteiger partial charge >= 0.3 is 0 Å². The number of carbonyl (C=O) groups excluding carboxylic acids is 1. The Morgan fingerprint density at radius 2 is 1.96 bits per heavy atom. The summed E-state index contributed by atoms with van der Waals surface area (Å²) in [5, 5.41) is 5.42. The molecule has 24 heavy (non-hydrogen) atoms. The highest BCUT2D eigenvalue weighted by Gasteiger charge is 2.09. The highest BCUT2D eigenvalue weighted by Crippen LogP contribution is 2.23. The van der Waals surface area contributed by atoms with Gasteiger partial charge in [-0.25, -0.2) is 13.8 Å². The quantitative estimate of drug-likeness (QED) is 0.756. The molecule has 0 bridgehead atoms. The maximum Gasteiger partial charge on any atom is 0.262 e. The van der Waals surface area contributed by atoms with Crippen LogP contribution in [0.1, 0.15) is 0 Å². The van der Waals surface area contributed by atoms with E-state index in [9.17, 15) is 13.6 Å². The van der Waals surface area contributed by atoms with Crippen molar-refractivity contribution in [1.82, 2.24) is 4.98 Å². The van der Waals surface area contributed by atoms with Crippen molar-refractivity contribution in [2.45, 2.75) is 0 Å².